The smallest absolute Gasteiger partial charge is 0.124 e. The Balaban J connectivity index is 2.34. The van der Waals surface area contributed by atoms with E-state index in [0.717, 1.165) is 27.7 Å². The van der Waals surface area contributed by atoms with Crippen molar-refractivity contribution in [3.05, 3.63) is 53.6 Å². The molecule has 4 N–H and O–H groups in total. The molecule has 0 aliphatic heterocycles. The normalized spacial score (nSPS) is 10.8. The number of nitrogens with zero attached hydrogens (tertiary/aromatic N) is 1. The van der Waals surface area contributed by atoms with Crippen LogP contribution in [0.15, 0.2) is 48.5 Å². The standard InChI is InChI=1S/C15H12ClN3/c16-13-3-1-2-11-12(8-14(18)19-15(11)13)9-4-6-10(17)7-5-9/h1-8H,17H2,(H2,18,19). The monoisotopic (exact) mass is 269 g/mol. The highest BCUT2D eigenvalue weighted by molar-refractivity contribution is 6.35. The minimum Gasteiger partial charge on any atom is -0.399 e. The van der Waals surface area contributed by atoms with Crippen molar-refractivity contribution in [3.8, 4) is 11.1 Å². The van der Waals surface area contributed by atoms with E-state index < -0.39 is 0 Å². The maximum atomic E-state index is 6.18. The molecule has 94 valence electrons. The maximum absolute atomic E-state index is 6.18. The Labute approximate surface area is 115 Å². The number of rotatable bonds is 1. The van der Waals surface area contributed by atoms with Gasteiger partial charge in [-0.25, -0.2) is 4.98 Å². The lowest BCUT2D eigenvalue weighted by Gasteiger charge is -2.09. The van der Waals surface area contributed by atoms with Crippen molar-refractivity contribution in [1.82, 2.24) is 4.98 Å². The largest absolute Gasteiger partial charge is 0.399 e. The quantitative estimate of drug-likeness (QED) is 0.662. The van der Waals surface area contributed by atoms with Crippen LogP contribution in [0.25, 0.3) is 22.0 Å². The summed E-state index contributed by atoms with van der Waals surface area (Å²) < 4.78 is 0. The summed E-state index contributed by atoms with van der Waals surface area (Å²) in [4.78, 5) is 4.30. The third kappa shape index (κ3) is 2.09. The molecule has 0 saturated carbocycles. The van der Waals surface area contributed by atoms with Gasteiger partial charge in [0.05, 0.1) is 10.5 Å². The van der Waals surface area contributed by atoms with E-state index in [1.807, 2.05) is 48.5 Å². The molecule has 0 saturated heterocycles. The summed E-state index contributed by atoms with van der Waals surface area (Å²) in [5, 5.41) is 1.58. The second kappa shape index (κ2) is 4.44. The number of halogens is 1. The van der Waals surface area contributed by atoms with Gasteiger partial charge in [0.1, 0.15) is 5.82 Å². The maximum Gasteiger partial charge on any atom is 0.124 e. The average Bonchev–Trinajstić information content (AvgIpc) is 2.40. The van der Waals surface area contributed by atoms with Crippen LogP contribution in [0.3, 0.4) is 0 Å². The molecule has 0 radical (unpaired) electrons. The van der Waals surface area contributed by atoms with Crippen molar-refractivity contribution in [2.75, 3.05) is 11.5 Å². The predicted octanol–water partition coefficient (Wildman–Crippen LogP) is 3.72. The summed E-state index contributed by atoms with van der Waals surface area (Å²) in [5.41, 5.74) is 15.1. The van der Waals surface area contributed by atoms with E-state index in [2.05, 4.69) is 4.98 Å². The van der Waals surface area contributed by atoms with Gasteiger partial charge in [0, 0.05) is 11.1 Å². The van der Waals surface area contributed by atoms with E-state index in [-0.39, 0.29) is 0 Å². The van der Waals surface area contributed by atoms with E-state index in [9.17, 15) is 0 Å². The van der Waals surface area contributed by atoms with Crippen LogP contribution in [0, 0.1) is 0 Å². The van der Waals surface area contributed by atoms with Gasteiger partial charge in [-0.3, -0.25) is 0 Å². The van der Waals surface area contributed by atoms with Crippen molar-refractivity contribution in [1.29, 1.82) is 0 Å². The van der Waals surface area contributed by atoms with Crippen molar-refractivity contribution < 1.29 is 0 Å². The molecule has 0 aliphatic rings. The Bertz CT molecular complexity index is 751. The fourth-order valence-corrected chi connectivity index (χ4v) is 2.35. The summed E-state index contributed by atoms with van der Waals surface area (Å²) >= 11 is 6.18. The van der Waals surface area contributed by atoms with Gasteiger partial charge in [0.25, 0.3) is 0 Å². The van der Waals surface area contributed by atoms with E-state index in [1.54, 1.807) is 0 Å². The molecule has 0 spiro atoms. The minimum absolute atomic E-state index is 0.451. The Kier molecular flexibility index (Phi) is 2.76. The fraction of sp³-hybridized carbons (Fsp3) is 0. The first-order valence-corrected chi connectivity index (χ1v) is 6.23. The molecule has 0 aliphatic carbocycles. The SMILES string of the molecule is Nc1ccc(-c2cc(N)nc3c(Cl)cccc23)cc1. The number of hydrogen-bond acceptors (Lipinski definition) is 3. The van der Waals surface area contributed by atoms with E-state index in [4.69, 9.17) is 23.1 Å². The number of benzene rings is 2. The highest BCUT2D eigenvalue weighted by Gasteiger charge is 2.08. The summed E-state index contributed by atoms with van der Waals surface area (Å²) in [5.74, 6) is 0.451. The van der Waals surface area contributed by atoms with Crippen LogP contribution in [0.1, 0.15) is 0 Å². The third-order valence-corrected chi connectivity index (χ3v) is 3.34. The number of hydrogen-bond donors (Lipinski definition) is 2. The number of para-hydroxylation sites is 1. The zero-order chi connectivity index (χ0) is 13.4. The number of nitrogen functional groups attached to an aromatic ring is 2. The zero-order valence-electron chi connectivity index (χ0n) is 10.1. The van der Waals surface area contributed by atoms with Crippen molar-refractivity contribution in [2.24, 2.45) is 0 Å². The van der Waals surface area contributed by atoms with Crippen LogP contribution >= 0.6 is 11.6 Å². The Morgan fingerprint density at radius 1 is 0.947 bits per heavy atom. The molecule has 1 aromatic heterocycles. The first-order valence-electron chi connectivity index (χ1n) is 5.86. The van der Waals surface area contributed by atoms with E-state index in [0.29, 0.717) is 10.8 Å². The molecule has 0 unspecified atom stereocenters. The van der Waals surface area contributed by atoms with Crippen LogP contribution in [-0.4, -0.2) is 4.98 Å². The van der Waals surface area contributed by atoms with E-state index in [1.165, 1.54) is 0 Å². The third-order valence-electron chi connectivity index (χ3n) is 3.03. The van der Waals surface area contributed by atoms with Gasteiger partial charge in [-0.05, 0) is 35.4 Å². The highest BCUT2D eigenvalue weighted by atomic mass is 35.5. The molecule has 0 bridgehead atoms. The minimum atomic E-state index is 0.451. The summed E-state index contributed by atoms with van der Waals surface area (Å²) in [6.07, 6.45) is 0. The molecule has 3 aromatic rings. The molecule has 0 amide bonds. The molecular weight excluding hydrogens is 258 g/mol. The number of aromatic nitrogens is 1. The second-order valence-electron chi connectivity index (χ2n) is 4.35. The molecule has 4 heteroatoms. The lowest BCUT2D eigenvalue weighted by atomic mass is 10.0. The van der Waals surface area contributed by atoms with Crippen molar-refractivity contribution in [3.63, 3.8) is 0 Å². The lowest BCUT2D eigenvalue weighted by molar-refractivity contribution is 1.41. The number of anilines is 2. The second-order valence-corrected chi connectivity index (χ2v) is 4.76. The fourth-order valence-electron chi connectivity index (χ4n) is 2.13. The van der Waals surface area contributed by atoms with Crippen LogP contribution in [0.5, 0.6) is 0 Å². The first-order chi connectivity index (χ1) is 9.15. The number of pyridine rings is 1. The molecule has 3 rings (SSSR count). The topological polar surface area (TPSA) is 64.9 Å². The Hall–Kier alpha value is -2.26. The molecule has 3 nitrogen and oxygen atoms in total. The lowest BCUT2D eigenvalue weighted by Crippen LogP contribution is -1.93. The first kappa shape index (κ1) is 11.8. The molecule has 2 aromatic carbocycles. The zero-order valence-corrected chi connectivity index (χ0v) is 10.9. The van der Waals surface area contributed by atoms with Crippen LogP contribution in [-0.2, 0) is 0 Å². The van der Waals surface area contributed by atoms with Gasteiger partial charge >= 0.3 is 0 Å². The number of nitrogens with two attached hydrogens (primary N) is 2. The molecule has 0 atom stereocenters. The molecule has 1 heterocycles. The van der Waals surface area contributed by atoms with Crippen molar-refractivity contribution in [2.45, 2.75) is 0 Å². The number of fused-ring (bicyclic) bond motifs is 1. The van der Waals surface area contributed by atoms with E-state index >= 15 is 0 Å². The summed E-state index contributed by atoms with van der Waals surface area (Å²) in [6, 6.07) is 15.2. The predicted molar refractivity (Wildman–Crippen MR) is 81.0 cm³/mol. The average molecular weight is 270 g/mol. The van der Waals surface area contributed by atoms with Crippen LogP contribution in [0.4, 0.5) is 11.5 Å². The van der Waals surface area contributed by atoms with Crippen LogP contribution in [0.2, 0.25) is 5.02 Å². The Morgan fingerprint density at radius 3 is 2.42 bits per heavy atom. The molecule has 19 heavy (non-hydrogen) atoms. The van der Waals surface area contributed by atoms with Crippen LogP contribution < -0.4 is 11.5 Å². The van der Waals surface area contributed by atoms with Gasteiger partial charge in [0.2, 0.25) is 0 Å². The summed E-state index contributed by atoms with van der Waals surface area (Å²) in [6.45, 7) is 0. The summed E-state index contributed by atoms with van der Waals surface area (Å²) in [7, 11) is 0. The van der Waals surface area contributed by atoms with Crippen molar-refractivity contribution >= 4 is 34.0 Å². The van der Waals surface area contributed by atoms with Gasteiger partial charge in [-0.1, -0.05) is 35.9 Å². The Morgan fingerprint density at radius 2 is 1.68 bits per heavy atom. The van der Waals surface area contributed by atoms with Gasteiger partial charge < -0.3 is 11.5 Å². The highest BCUT2D eigenvalue weighted by Crippen LogP contribution is 2.32. The molecular formula is C15H12ClN3. The van der Waals surface area contributed by atoms with Gasteiger partial charge in [-0.2, -0.15) is 0 Å². The van der Waals surface area contributed by atoms with Gasteiger partial charge in [0.15, 0.2) is 0 Å². The van der Waals surface area contributed by atoms with Gasteiger partial charge in [-0.15, -0.1) is 0 Å². The molecule has 0 fully saturated rings.